The fraction of sp³-hybridized carbons (Fsp3) is 0.300. The lowest BCUT2D eigenvalue weighted by Crippen LogP contribution is -2.24. The van der Waals surface area contributed by atoms with Gasteiger partial charge in [-0.1, -0.05) is 0 Å². The zero-order valence-electron chi connectivity index (χ0n) is 16.1. The molecular formula is C20H22N6O2. The van der Waals surface area contributed by atoms with E-state index in [1.54, 1.807) is 18.3 Å². The molecule has 0 fully saturated rings. The number of fused-ring (bicyclic) bond motifs is 3. The molecule has 2 aromatic heterocycles. The molecule has 0 atom stereocenters. The topological polar surface area (TPSA) is 120 Å². The first-order valence-electron chi connectivity index (χ1n) is 8.99. The van der Waals surface area contributed by atoms with Gasteiger partial charge in [0.1, 0.15) is 11.4 Å². The van der Waals surface area contributed by atoms with Gasteiger partial charge in [-0.3, -0.25) is 0 Å². The highest BCUT2D eigenvalue weighted by atomic mass is 16.6. The molecule has 0 bridgehead atoms. The number of hydrogen-bond acceptors (Lipinski definition) is 8. The summed E-state index contributed by atoms with van der Waals surface area (Å²) in [5.74, 6) is 0.125. The van der Waals surface area contributed by atoms with Crippen molar-refractivity contribution in [3.05, 3.63) is 47.2 Å². The van der Waals surface area contributed by atoms with E-state index in [9.17, 15) is 4.79 Å². The number of esters is 1. The highest BCUT2D eigenvalue weighted by Gasteiger charge is 2.25. The molecule has 0 aliphatic carbocycles. The second-order valence-electron chi connectivity index (χ2n) is 7.83. The Morgan fingerprint density at radius 1 is 1.11 bits per heavy atom. The molecule has 0 saturated carbocycles. The van der Waals surface area contributed by atoms with Gasteiger partial charge in [0, 0.05) is 25.0 Å². The van der Waals surface area contributed by atoms with E-state index in [1.807, 2.05) is 32.9 Å². The van der Waals surface area contributed by atoms with Crippen molar-refractivity contribution in [2.45, 2.75) is 39.5 Å². The molecule has 28 heavy (non-hydrogen) atoms. The Hall–Kier alpha value is -3.42. The molecule has 8 nitrogen and oxygen atoms in total. The lowest BCUT2D eigenvalue weighted by Gasteiger charge is -2.20. The van der Waals surface area contributed by atoms with Gasteiger partial charge in [-0.05, 0) is 56.2 Å². The zero-order valence-corrected chi connectivity index (χ0v) is 16.1. The van der Waals surface area contributed by atoms with Gasteiger partial charge in [0.05, 0.1) is 10.9 Å². The summed E-state index contributed by atoms with van der Waals surface area (Å²) in [5, 5.41) is 0.750. The first-order valence-corrected chi connectivity index (χ1v) is 8.99. The molecular weight excluding hydrogens is 356 g/mol. The third-order valence-corrected chi connectivity index (χ3v) is 4.54. The first kappa shape index (κ1) is 18.0. The second kappa shape index (κ2) is 6.33. The number of pyridine rings is 1. The number of nitrogens with zero attached hydrogens (tertiary/aromatic N) is 4. The number of rotatable bonds is 2. The second-order valence-corrected chi connectivity index (χ2v) is 7.83. The van der Waals surface area contributed by atoms with Crippen LogP contribution in [0.25, 0.3) is 11.0 Å². The summed E-state index contributed by atoms with van der Waals surface area (Å²) in [5.41, 5.74) is 15.4. The lowest BCUT2D eigenvalue weighted by molar-refractivity contribution is 0.00695. The standard InChI is InChI=1S/C20H22N6O2/c1-20(2,3)28-18(27)11-4-6-13(7-5-11)26-9-12-8-23-17-15(14(12)10-26)16(21)24-19(22)25-17/h4-8H,9-10H2,1-3H3,(H4,21,22,23,24,25). The summed E-state index contributed by atoms with van der Waals surface area (Å²) in [7, 11) is 0. The van der Waals surface area contributed by atoms with Gasteiger partial charge in [-0.15, -0.1) is 0 Å². The van der Waals surface area contributed by atoms with Crippen molar-refractivity contribution >= 4 is 34.5 Å². The summed E-state index contributed by atoms with van der Waals surface area (Å²) in [6, 6.07) is 7.39. The number of ether oxygens (including phenoxy) is 1. The molecule has 0 radical (unpaired) electrons. The Morgan fingerprint density at radius 3 is 2.50 bits per heavy atom. The van der Waals surface area contributed by atoms with Crippen molar-refractivity contribution < 1.29 is 9.53 Å². The van der Waals surface area contributed by atoms with Gasteiger partial charge in [0.25, 0.3) is 0 Å². The Kier molecular flexibility index (Phi) is 4.06. The number of benzene rings is 1. The van der Waals surface area contributed by atoms with Gasteiger partial charge < -0.3 is 21.1 Å². The Balaban J connectivity index is 1.60. The molecule has 0 amide bonds. The molecule has 0 unspecified atom stereocenters. The monoisotopic (exact) mass is 378 g/mol. The molecule has 4 rings (SSSR count). The maximum Gasteiger partial charge on any atom is 0.338 e. The highest BCUT2D eigenvalue weighted by Crippen LogP contribution is 2.34. The normalized spacial score (nSPS) is 13.6. The molecule has 4 N–H and O–H groups in total. The molecule has 0 saturated heterocycles. The molecule has 3 heterocycles. The predicted molar refractivity (Wildman–Crippen MR) is 108 cm³/mol. The van der Waals surface area contributed by atoms with Crippen LogP contribution in [0.3, 0.4) is 0 Å². The summed E-state index contributed by atoms with van der Waals surface area (Å²) in [6.45, 7) is 6.89. The number of nitrogens with two attached hydrogens (primary N) is 2. The molecule has 0 spiro atoms. The molecule has 3 aromatic rings. The van der Waals surface area contributed by atoms with Crippen molar-refractivity contribution in [1.29, 1.82) is 0 Å². The average Bonchev–Trinajstić information content (AvgIpc) is 3.04. The van der Waals surface area contributed by atoms with Crippen LogP contribution in [0.1, 0.15) is 42.3 Å². The summed E-state index contributed by atoms with van der Waals surface area (Å²) in [6.07, 6.45) is 1.80. The summed E-state index contributed by atoms with van der Waals surface area (Å²) < 4.78 is 5.41. The minimum absolute atomic E-state index is 0.116. The van der Waals surface area contributed by atoms with E-state index >= 15 is 0 Å². The number of hydrogen-bond donors (Lipinski definition) is 2. The Bertz CT molecular complexity index is 1070. The van der Waals surface area contributed by atoms with Gasteiger partial charge >= 0.3 is 5.97 Å². The Morgan fingerprint density at radius 2 is 1.82 bits per heavy atom. The van der Waals surface area contributed by atoms with Crippen molar-refractivity contribution in [3.63, 3.8) is 0 Å². The summed E-state index contributed by atoms with van der Waals surface area (Å²) >= 11 is 0. The van der Waals surface area contributed by atoms with Crippen LogP contribution < -0.4 is 16.4 Å². The van der Waals surface area contributed by atoms with Crippen LogP contribution in [0.5, 0.6) is 0 Å². The van der Waals surface area contributed by atoms with E-state index in [2.05, 4.69) is 19.9 Å². The minimum Gasteiger partial charge on any atom is -0.456 e. The van der Waals surface area contributed by atoms with Gasteiger partial charge in [0.15, 0.2) is 5.65 Å². The number of nitrogen functional groups attached to an aromatic ring is 2. The van der Waals surface area contributed by atoms with E-state index in [0.717, 1.165) is 22.2 Å². The predicted octanol–water partition coefficient (Wildman–Crippen LogP) is 2.66. The number of carbonyl (C=O) groups is 1. The van der Waals surface area contributed by atoms with Gasteiger partial charge in [0.2, 0.25) is 5.95 Å². The zero-order chi connectivity index (χ0) is 20.1. The maximum atomic E-state index is 12.2. The number of aromatic nitrogens is 3. The first-order chi connectivity index (χ1) is 13.2. The quantitative estimate of drug-likeness (QED) is 0.653. The Labute approximate surface area is 162 Å². The van der Waals surface area contributed by atoms with Crippen LogP contribution in [0, 0.1) is 0 Å². The number of carbonyl (C=O) groups excluding carboxylic acids is 1. The third-order valence-electron chi connectivity index (χ3n) is 4.54. The third kappa shape index (κ3) is 3.28. The smallest absolute Gasteiger partial charge is 0.338 e. The van der Waals surface area contributed by atoms with Crippen LogP contribution in [-0.4, -0.2) is 26.5 Å². The van der Waals surface area contributed by atoms with Gasteiger partial charge in [-0.25, -0.2) is 9.78 Å². The maximum absolute atomic E-state index is 12.2. The van der Waals surface area contributed by atoms with E-state index in [4.69, 9.17) is 16.2 Å². The van der Waals surface area contributed by atoms with Crippen molar-refractivity contribution in [1.82, 2.24) is 15.0 Å². The van der Waals surface area contributed by atoms with Crippen molar-refractivity contribution in [2.24, 2.45) is 0 Å². The van der Waals surface area contributed by atoms with Crippen LogP contribution in [0.15, 0.2) is 30.5 Å². The van der Waals surface area contributed by atoms with E-state index < -0.39 is 5.60 Å². The van der Waals surface area contributed by atoms with E-state index in [0.29, 0.717) is 30.1 Å². The molecule has 144 valence electrons. The fourth-order valence-electron chi connectivity index (χ4n) is 3.34. The van der Waals surface area contributed by atoms with Crippen LogP contribution in [0.4, 0.5) is 17.5 Å². The van der Waals surface area contributed by atoms with E-state index in [1.165, 1.54) is 0 Å². The van der Waals surface area contributed by atoms with E-state index in [-0.39, 0.29) is 11.9 Å². The largest absolute Gasteiger partial charge is 0.456 e. The molecule has 1 aromatic carbocycles. The lowest BCUT2D eigenvalue weighted by atomic mass is 10.1. The fourth-order valence-corrected chi connectivity index (χ4v) is 3.34. The average molecular weight is 378 g/mol. The SMILES string of the molecule is CC(C)(C)OC(=O)c1ccc(N2Cc3cnc4nc(N)nc(N)c4c3C2)cc1. The minimum atomic E-state index is -0.522. The molecule has 1 aliphatic rings. The van der Waals surface area contributed by atoms with Gasteiger partial charge in [-0.2, -0.15) is 9.97 Å². The molecule has 1 aliphatic heterocycles. The van der Waals surface area contributed by atoms with Crippen molar-refractivity contribution in [3.8, 4) is 0 Å². The van der Waals surface area contributed by atoms with Crippen LogP contribution in [-0.2, 0) is 17.8 Å². The highest BCUT2D eigenvalue weighted by molar-refractivity contribution is 5.92. The van der Waals surface area contributed by atoms with Crippen molar-refractivity contribution in [2.75, 3.05) is 16.4 Å². The number of anilines is 3. The summed E-state index contributed by atoms with van der Waals surface area (Å²) in [4.78, 5) is 27.0. The molecule has 8 heteroatoms. The van der Waals surface area contributed by atoms with Crippen LogP contribution in [0.2, 0.25) is 0 Å². The van der Waals surface area contributed by atoms with Crippen LogP contribution >= 0.6 is 0 Å².